The molecule has 0 atom stereocenters. The maximum atomic E-state index is 11.0. The van der Waals surface area contributed by atoms with E-state index in [1.165, 1.54) is 32.1 Å². The molecule has 0 aliphatic heterocycles. The first kappa shape index (κ1) is 21.4. The molecule has 3 heterocycles. The van der Waals surface area contributed by atoms with Crippen LogP contribution in [-0.4, -0.2) is 25.8 Å². The number of rotatable bonds is 6. The number of hydrogen-bond donors (Lipinski definition) is 1. The van der Waals surface area contributed by atoms with Gasteiger partial charge in [0.15, 0.2) is 0 Å². The summed E-state index contributed by atoms with van der Waals surface area (Å²) in [5.74, 6) is 0.663. The molecule has 6 heteroatoms. The Labute approximate surface area is 193 Å². The van der Waals surface area contributed by atoms with Gasteiger partial charge in [0.05, 0.1) is 23.1 Å². The van der Waals surface area contributed by atoms with Crippen molar-refractivity contribution in [2.45, 2.75) is 58.9 Å². The lowest BCUT2D eigenvalue weighted by molar-refractivity contribution is -0.136. The number of hydrogen-bond acceptors (Lipinski definition) is 4. The summed E-state index contributed by atoms with van der Waals surface area (Å²) in [5, 5.41) is 13.2. The highest BCUT2D eigenvalue weighted by Gasteiger charge is 2.20. The molecule has 1 aliphatic carbocycles. The van der Waals surface area contributed by atoms with Crippen LogP contribution in [0.25, 0.3) is 33.3 Å². The topological polar surface area (TPSA) is 81.2 Å². The van der Waals surface area contributed by atoms with E-state index >= 15 is 0 Å². The number of carboxylic acid groups (broad SMARTS) is 1. The average Bonchev–Trinajstić information content (AvgIpc) is 3.33. The molecule has 0 unspecified atom stereocenters. The van der Waals surface area contributed by atoms with Crippen molar-refractivity contribution >= 4 is 17.0 Å². The molecular weight excluding hydrogens is 414 g/mol. The van der Waals surface area contributed by atoms with Gasteiger partial charge >= 0.3 is 5.97 Å². The number of carboxylic acids is 1. The van der Waals surface area contributed by atoms with Gasteiger partial charge in [0.1, 0.15) is 5.76 Å². The number of benzene rings is 1. The van der Waals surface area contributed by atoms with Crippen molar-refractivity contribution in [1.82, 2.24) is 14.7 Å². The van der Waals surface area contributed by atoms with Crippen molar-refractivity contribution in [1.29, 1.82) is 0 Å². The van der Waals surface area contributed by atoms with E-state index < -0.39 is 5.97 Å². The van der Waals surface area contributed by atoms with E-state index in [0.29, 0.717) is 5.92 Å². The quantitative estimate of drug-likeness (QED) is 0.385. The summed E-state index contributed by atoms with van der Waals surface area (Å²) in [6, 6.07) is 10.0. The zero-order valence-corrected chi connectivity index (χ0v) is 19.2. The number of carbonyl (C=O) groups is 1. The van der Waals surface area contributed by atoms with Gasteiger partial charge in [-0.2, -0.15) is 0 Å². The summed E-state index contributed by atoms with van der Waals surface area (Å²) >= 11 is 0. The molecule has 0 radical (unpaired) electrons. The van der Waals surface area contributed by atoms with Gasteiger partial charge in [-0.3, -0.25) is 9.78 Å². The average molecular weight is 444 g/mol. The largest absolute Gasteiger partial charge is 0.481 e. The smallest absolute Gasteiger partial charge is 0.307 e. The predicted molar refractivity (Wildman–Crippen MR) is 128 cm³/mol. The van der Waals surface area contributed by atoms with Gasteiger partial charge in [0, 0.05) is 35.6 Å². The molecule has 3 aromatic heterocycles. The molecule has 33 heavy (non-hydrogen) atoms. The van der Waals surface area contributed by atoms with Crippen LogP contribution in [0.15, 0.2) is 47.2 Å². The summed E-state index contributed by atoms with van der Waals surface area (Å²) in [4.78, 5) is 15.9. The van der Waals surface area contributed by atoms with E-state index in [9.17, 15) is 4.79 Å². The maximum Gasteiger partial charge on any atom is 0.307 e. The monoisotopic (exact) mass is 443 g/mol. The molecule has 1 N–H and O–H groups in total. The van der Waals surface area contributed by atoms with Crippen molar-refractivity contribution < 1.29 is 14.4 Å². The Morgan fingerprint density at radius 1 is 1.12 bits per heavy atom. The summed E-state index contributed by atoms with van der Waals surface area (Å²) in [6.45, 7) is 4.88. The Bertz CT molecular complexity index is 1270. The Kier molecular flexibility index (Phi) is 5.75. The molecular formula is C27H29N3O3. The van der Waals surface area contributed by atoms with E-state index in [-0.39, 0.29) is 6.42 Å². The highest BCUT2D eigenvalue weighted by molar-refractivity contribution is 5.95. The number of aliphatic carboxylic acids is 1. The van der Waals surface area contributed by atoms with Gasteiger partial charge in [-0.05, 0) is 49.8 Å². The van der Waals surface area contributed by atoms with Crippen LogP contribution in [0, 0.1) is 19.8 Å². The third-order valence-electron chi connectivity index (χ3n) is 6.84. The zero-order chi connectivity index (χ0) is 22.9. The molecule has 1 aliphatic rings. The van der Waals surface area contributed by atoms with Gasteiger partial charge in [-0.25, -0.2) is 0 Å². The Morgan fingerprint density at radius 2 is 1.88 bits per heavy atom. The fourth-order valence-electron chi connectivity index (χ4n) is 5.18. The van der Waals surface area contributed by atoms with Crippen molar-refractivity contribution in [2.24, 2.45) is 5.92 Å². The summed E-state index contributed by atoms with van der Waals surface area (Å²) in [5.41, 5.74) is 7.90. The van der Waals surface area contributed by atoms with E-state index in [0.717, 1.165) is 56.8 Å². The molecule has 5 rings (SSSR count). The van der Waals surface area contributed by atoms with Crippen LogP contribution in [-0.2, 0) is 17.8 Å². The summed E-state index contributed by atoms with van der Waals surface area (Å²) < 4.78 is 7.76. The second-order valence-electron chi connectivity index (χ2n) is 9.26. The molecule has 0 saturated heterocycles. The van der Waals surface area contributed by atoms with E-state index in [2.05, 4.69) is 22.0 Å². The van der Waals surface area contributed by atoms with E-state index in [4.69, 9.17) is 14.6 Å². The molecule has 1 fully saturated rings. The van der Waals surface area contributed by atoms with E-state index in [1.807, 2.05) is 44.3 Å². The molecule has 1 saturated carbocycles. The van der Waals surface area contributed by atoms with Gasteiger partial charge in [0.2, 0.25) is 0 Å². The van der Waals surface area contributed by atoms with Crippen LogP contribution in [0.2, 0.25) is 0 Å². The lowest BCUT2D eigenvalue weighted by atomic mass is 9.89. The first-order valence-corrected chi connectivity index (χ1v) is 11.7. The minimum Gasteiger partial charge on any atom is -0.481 e. The number of aromatic nitrogens is 3. The normalized spacial score (nSPS) is 14.7. The standard InChI is InChI=1S/C27H29N3O3/c1-17-26(18(2)33-29-17)22-13-24-27(28-14-22)23(16-30(24)15-20-6-4-3-5-7-20)21-10-8-19(9-11-21)12-25(31)32/h8-11,13-14,16,20H,3-7,12,15H2,1-2H3,(H,31,32). The van der Waals surface area contributed by atoms with Crippen LogP contribution in [0.3, 0.4) is 0 Å². The molecule has 0 amide bonds. The van der Waals surface area contributed by atoms with Gasteiger partial charge in [-0.15, -0.1) is 0 Å². The molecule has 0 bridgehead atoms. The fraction of sp³-hybridized carbons (Fsp3) is 0.370. The molecule has 1 aromatic carbocycles. The van der Waals surface area contributed by atoms with Gasteiger partial charge in [-0.1, -0.05) is 48.7 Å². The highest BCUT2D eigenvalue weighted by atomic mass is 16.5. The van der Waals surface area contributed by atoms with Crippen LogP contribution in [0.5, 0.6) is 0 Å². The maximum absolute atomic E-state index is 11.0. The Morgan fingerprint density at radius 3 is 2.55 bits per heavy atom. The molecule has 170 valence electrons. The summed E-state index contributed by atoms with van der Waals surface area (Å²) in [6.07, 6.45) is 10.7. The SMILES string of the molecule is Cc1noc(C)c1-c1cnc2c(-c3ccc(CC(=O)O)cc3)cn(CC3CCCCC3)c2c1. The predicted octanol–water partition coefficient (Wildman–Crippen LogP) is 6.18. The van der Waals surface area contributed by atoms with Crippen molar-refractivity contribution in [3.05, 3.63) is 59.7 Å². The van der Waals surface area contributed by atoms with E-state index in [1.54, 1.807) is 0 Å². The van der Waals surface area contributed by atoms with Crippen molar-refractivity contribution in [3.63, 3.8) is 0 Å². The lowest BCUT2D eigenvalue weighted by Gasteiger charge is -2.22. The number of nitrogens with zero attached hydrogens (tertiary/aromatic N) is 3. The molecule has 0 spiro atoms. The second-order valence-corrected chi connectivity index (χ2v) is 9.26. The zero-order valence-electron chi connectivity index (χ0n) is 19.2. The van der Waals surface area contributed by atoms with Gasteiger partial charge in [0.25, 0.3) is 0 Å². The third-order valence-corrected chi connectivity index (χ3v) is 6.84. The van der Waals surface area contributed by atoms with Crippen LogP contribution >= 0.6 is 0 Å². The summed E-state index contributed by atoms with van der Waals surface area (Å²) in [7, 11) is 0. The van der Waals surface area contributed by atoms with Crippen LogP contribution in [0.1, 0.15) is 49.1 Å². The number of fused-ring (bicyclic) bond motifs is 1. The first-order chi connectivity index (χ1) is 16.0. The molecule has 4 aromatic rings. The minimum atomic E-state index is -0.819. The highest BCUT2D eigenvalue weighted by Crippen LogP contribution is 2.35. The Hall–Kier alpha value is -3.41. The van der Waals surface area contributed by atoms with Gasteiger partial charge < -0.3 is 14.2 Å². The third kappa shape index (κ3) is 4.30. The van der Waals surface area contributed by atoms with Crippen molar-refractivity contribution in [2.75, 3.05) is 0 Å². The number of pyridine rings is 1. The Balaban J connectivity index is 1.59. The minimum absolute atomic E-state index is 0.0305. The fourth-order valence-corrected chi connectivity index (χ4v) is 5.18. The second kappa shape index (κ2) is 8.85. The number of aryl methyl sites for hydroxylation is 2. The van der Waals surface area contributed by atoms with Crippen molar-refractivity contribution in [3.8, 4) is 22.3 Å². The molecule has 6 nitrogen and oxygen atoms in total. The van der Waals surface area contributed by atoms with Crippen LogP contribution < -0.4 is 0 Å². The lowest BCUT2D eigenvalue weighted by Crippen LogP contribution is -2.13. The first-order valence-electron chi connectivity index (χ1n) is 11.7. The van der Waals surface area contributed by atoms with Crippen LogP contribution in [0.4, 0.5) is 0 Å².